The highest BCUT2D eigenvalue weighted by molar-refractivity contribution is 9.10. The van der Waals surface area contributed by atoms with Gasteiger partial charge in [0.05, 0.1) is 23.8 Å². The third-order valence-corrected chi connectivity index (χ3v) is 8.04. The zero-order valence-corrected chi connectivity index (χ0v) is 22.7. The Morgan fingerprint density at radius 1 is 1.03 bits per heavy atom. The minimum Gasteiger partial charge on any atom is -0.507 e. The van der Waals surface area contributed by atoms with Crippen molar-refractivity contribution in [3.63, 3.8) is 0 Å². The molecule has 0 saturated carbocycles. The van der Waals surface area contributed by atoms with Crippen LogP contribution in [0.15, 0.2) is 104 Å². The zero-order chi connectivity index (χ0) is 26.2. The van der Waals surface area contributed by atoms with Crippen LogP contribution in [0, 0.1) is 0 Å². The summed E-state index contributed by atoms with van der Waals surface area (Å²) in [6, 6.07) is 27.4. The van der Waals surface area contributed by atoms with Gasteiger partial charge in [0, 0.05) is 16.5 Å². The number of carbonyl (C=O) groups is 1. The van der Waals surface area contributed by atoms with Gasteiger partial charge in [-0.25, -0.2) is 5.01 Å². The fraction of sp³-hybridized carbons (Fsp3) is 0.100. The van der Waals surface area contributed by atoms with Crippen LogP contribution in [-0.2, 0) is 4.79 Å². The normalized spacial score (nSPS) is 18.3. The van der Waals surface area contributed by atoms with Crippen molar-refractivity contribution in [1.29, 1.82) is 0 Å². The van der Waals surface area contributed by atoms with E-state index in [-0.39, 0.29) is 17.7 Å². The van der Waals surface area contributed by atoms with E-state index in [1.54, 1.807) is 31.4 Å². The van der Waals surface area contributed by atoms with Crippen LogP contribution in [-0.4, -0.2) is 34.0 Å². The van der Waals surface area contributed by atoms with E-state index in [1.165, 1.54) is 17.1 Å². The van der Waals surface area contributed by atoms with Gasteiger partial charge in [-0.05, 0) is 76.1 Å². The van der Waals surface area contributed by atoms with Crippen LogP contribution in [0.3, 0.4) is 0 Å². The molecular weight excluding hydrogens is 562 g/mol. The molecule has 8 heteroatoms. The van der Waals surface area contributed by atoms with Gasteiger partial charge in [0.2, 0.25) is 0 Å². The Morgan fingerprint density at radius 2 is 1.82 bits per heavy atom. The molecule has 0 fully saturated rings. The molecule has 1 N–H and O–H groups in total. The van der Waals surface area contributed by atoms with E-state index in [2.05, 4.69) is 51.3 Å². The molecule has 1 atom stereocenters. The Labute approximate surface area is 232 Å². The molecule has 1 unspecified atom stereocenters. The molecule has 4 aromatic rings. The molecule has 188 valence electrons. The molecule has 2 aliphatic rings. The molecular formula is C30H22BrN3O3S. The highest BCUT2D eigenvalue weighted by Gasteiger charge is 2.36. The highest BCUT2D eigenvalue weighted by atomic mass is 79.9. The Balaban J connectivity index is 1.36. The van der Waals surface area contributed by atoms with Crippen LogP contribution >= 0.6 is 27.7 Å². The number of hydrogen-bond donors (Lipinski definition) is 1. The number of hydrogen-bond acceptors (Lipinski definition) is 6. The standard InChI is InChI=1S/C30H22BrN3O3S/c1-37-24-11-8-19(9-12-24)26-17-25(21-7-6-18-4-2-3-5-20(18)14-21)33-34(26)30-32-29(36)28(38-30)16-22-15-23(31)10-13-27(22)35/h2-16,26,35H,17H2,1H3/b28-16-. The first-order valence-electron chi connectivity index (χ1n) is 12.0. The number of thioether (sulfide) groups is 1. The highest BCUT2D eigenvalue weighted by Crippen LogP contribution is 2.40. The van der Waals surface area contributed by atoms with Gasteiger partial charge in [0.15, 0.2) is 5.17 Å². The summed E-state index contributed by atoms with van der Waals surface area (Å²) in [5, 5.41) is 19.9. The van der Waals surface area contributed by atoms with Crippen LogP contribution in [0.5, 0.6) is 11.5 Å². The van der Waals surface area contributed by atoms with E-state index in [0.29, 0.717) is 22.1 Å². The lowest BCUT2D eigenvalue weighted by Gasteiger charge is -2.22. The number of nitrogens with zero attached hydrogens (tertiary/aromatic N) is 3. The molecule has 0 aliphatic carbocycles. The Bertz CT molecular complexity index is 1660. The van der Waals surface area contributed by atoms with Crippen LogP contribution < -0.4 is 4.74 Å². The number of ether oxygens (including phenoxy) is 1. The van der Waals surface area contributed by atoms with E-state index >= 15 is 0 Å². The third-order valence-electron chi connectivity index (χ3n) is 6.58. The van der Waals surface area contributed by atoms with E-state index in [1.807, 2.05) is 41.4 Å². The smallest absolute Gasteiger partial charge is 0.286 e. The number of phenols is 1. The number of rotatable bonds is 4. The number of fused-ring (bicyclic) bond motifs is 1. The van der Waals surface area contributed by atoms with Gasteiger partial charge >= 0.3 is 0 Å². The van der Waals surface area contributed by atoms with Crippen molar-refractivity contribution in [3.05, 3.63) is 111 Å². The van der Waals surface area contributed by atoms with Crippen molar-refractivity contribution in [2.24, 2.45) is 10.1 Å². The second kappa shape index (κ2) is 10.1. The zero-order valence-electron chi connectivity index (χ0n) is 20.3. The van der Waals surface area contributed by atoms with Crippen molar-refractivity contribution in [3.8, 4) is 11.5 Å². The van der Waals surface area contributed by atoms with E-state index in [9.17, 15) is 9.90 Å². The number of halogens is 1. The average molecular weight is 584 g/mol. The first-order chi connectivity index (χ1) is 18.5. The van der Waals surface area contributed by atoms with Crippen molar-refractivity contribution < 1.29 is 14.6 Å². The number of aromatic hydroxyl groups is 1. The number of hydrazone groups is 1. The molecule has 38 heavy (non-hydrogen) atoms. The van der Waals surface area contributed by atoms with Gasteiger partial charge in [0.1, 0.15) is 11.5 Å². The summed E-state index contributed by atoms with van der Waals surface area (Å²) in [5.74, 6) is 0.513. The van der Waals surface area contributed by atoms with Crippen molar-refractivity contribution in [2.45, 2.75) is 12.5 Å². The molecule has 0 spiro atoms. The summed E-state index contributed by atoms with van der Waals surface area (Å²) in [6.45, 7) is 0. The van der Waals surface area contributed by atoms with E-state index in [0.717, 1.165) is 32.4 Å². The van der Waals surface area contributed by atoms with E-state index in [4.69, 9.17) is 9.84 Å². The van der Waals surface area contributed by atoms with Crippen molar-refractivity contribution in [1.82, 2.24) is 5.01 Å². The summed E-state index contributed by atoms with van der Waals surface area (Å²) < 4.78 is 6.15. The summed E-state index contributed by atoms with van der Waals surface area (Å²) in [4.78, 5) is 17.7. The Morgan fingerprint density at radius 3 is 2.61 bits per heavy atom. The lowest BCUT2D eigenvalue weighted by Crippen LogP contribution is -2.23. The van der Waals surface area contributed by atoms with Gasteiger partial charge in [-0.1, -0.05) is 64.5 Å². The topological polar surface area (TPSA) is 74.5 Å². The predicted molar refractivity (Wildman–Crippen MR) is 156 cm³/mol. The molecule has 6 nitrogen and oxygen atoms in total. The molecule has 6 rings (SSSR count). The lowest BCUT2D eigenvalue weighted by molar-refractivity contribution is -0.113. The van der Waals surface area contributed by atoms with Crippen LogP contribution in [0.4, 0.5) is 0 Å². The first kappa shape index (κ1) is 24.5. The lowest BCUT2D eigenvalue weighted by atomic mass is 9.97. The SMILES string of the molecule is COc1ccc(C2CC(c3ccc4ccccc4c3)=NN2C2=NC(=O)/C(=C/c3cc(Br)ccc3O)S2)cc1. The van der Waals surface area contributed by atoms with E-state index < -0.39 is 0 Å². The van der Waals surface area contributed by atoms with Crippen LogP contribution in [0.2, 0.25) is 0 Å². The molecule has 0 radical (unpaired) electrons. The van der Waals surface area contributed by atoms with Crippen LogP contribution in [0.25, 0.3) is 16.8 Å². The second-order valence-electron chi connectivity index (χ2n) is 8.96. The third kappa shape index (κ3) is 4.73. The largest absolute Gasteiger partial charge is 0.507 e. The summed E-state index contributed by atoms with van der Waals surface area (Å²) in [5.41, 5.74) is 3.55. The maximum atomic E-state index is 12.9. The molecule has 2 heterocycles. The fourth-order valence-electron chi connectivity index (χ4n) is 4.59. The number of amides is 1. The summed E-state index contributed by atoms with van der Waals surface area (Å²) in [7, 11) is 1.64. The van der Waals surface area contributed by atoms with Crippen LogP contribution in [0.1, 0.15) is 29.2 Å². The quantitative estimate of drug-likeness (QED) is 0.258. The second-order valence-corrected chi connectivity index (χ2v) is 10.9. The maximum Gasteiger partial charge on any atom is 0.286 e. The average Bonchev–Trinajstić information content (AvgIpc) is 3.54. The molecule has 0 saturated heterocycles. The van der Waals surface area contributed by atoms with Gasteiger partial charge in [0.25, 0.3) is 5.91 Å². The van der Waals surface area contributed by atoms with Crippen molar-refractivity contribution >= 4 is 61.3 Å². The Hall–Kier alpha value is -3.88. The van der Waals surface area contributed by atoms with Crippen molar-refractivity contribution in [2.75, 3.05) is 7.11 Å². The summed E-state index contributed by atoms with van der Waals surface area (Å²) >= 11 is 4.68. The minimum atomic E-state index is -0.354. The maximum absolute atomic E-state index is 12.9. The van der Waals surface area contributed by atoms with Gasteiger partial charge in [-0.2, -0.15) is 10.1 Å². The fourth-order valence-corrected chi connectivity index (χ4v) is 5.88. The molecule has 4 aromatic carbocycles. The predicted octanol–water partition coefficient (Wildman–Crippen LogP) is 7.14. The molecule has 2 aliphatic heterocycles. The van der Waals surface area contributed by atoms with Gasteiger partial charge in [-0.3, -0.25) is 4.79 Å². The molecule has 1 amide bonds. The van der Waals surface area contributed by atoms with Gasteiger partial charge < -0.3 is 9.84 Å². The summed E-state index contributed by atoms with van der Waals surface area (Å²) in [6.07, 6.45) is 2.32. The molecule has 0 bridgehead atoms. The number of aliphatic imine (C=N–C) groups is 1. The number of phenolic OH excluding ortho intramolecular Hbond substituents is 1. The number of benzene rings is 4. The number of amidine groups is 1. The first-order valence-corrected chi connectivity index (χ1v) is 13.6. The minimum absolute atomic E-state index is 0.0939. The number of methoxy groups -OCH3 is 1. The number of carbonyl (C=O) groups excluding carboxylic acids is 1. The van der Waals surface area contributed by atoms with Gasteiger partial charge in [-0.15, -0.1) is 0 Å². The molecule has 0 aromatic heterocycles. The monoisotopic (exact) mass is 583 g/mol. The Kier molecular flexibility index (Phi) is 6.51.